The summed E-state index contributed by atoms with van der Waals surface area (Å²) in [4.78, 5) is 6.42. The van der Waals surface area contributed by atoms with E-state index in [9.17, 15) is 0 Å². The van der Waals surface area contributed by atoms with Gasteiger partial charge in [0.2, 0.25) is 0 Å². The molecule has 1 fully saturated rings. The number of hydrogen-bond donors (Lipinski definition) is 1. The maximum absolute atomic E-state index is 5.91. The van der Waals surface area contributed by atoms with Gasteiger partial charge in [-0.25, -0.2) is 4.98 Å². The normalized spacial score (nSPS) is 17.8. The Morgan fingerprint density at radius 2 is 2.05 bits per heavy atom. The summed E-state index contributed by atoms with van der Waals surface area (Å²) in [5, 5.41) is 4.74. The fraction of sp³-hybridized carbons (Fsp3) is 0.824. The molecule has 0 saturated heterocycles. The van der Waals surface area contributed by atoms with E-state index >= 15 is 0 Å². The van der Waals surface area contributed by atoms with Crippen LogP contribution in [0.5, 0.6) is 0 Å². The smallest absolute Gasteiger partial charge is 0.125 e. The molecule has 4 heteroatoms. The van der Waals surface area contributed by atoms with Gasteiger partial charge in [-0.3, -0.25) is 0 Å². The zero-order valence-corrected chi connectivity index (χ0v) is 14.8. The molecule has 0 aliphatic heterocycles. The van der Waals surface area contributed by atoms with Crippen LogP contribution in [0.3, 0.4) is 0 Å². The predicted molar refractivity (Wildman–Crippen MR) is 89.8 cm³/mol. The zero-order valence-electron chi connectivity index (χ0n) is 14.0. The minimum Gasteiger partial charge on any atom is -0.371 e. The van der Waals surface area contributed by atoms with Crippen LogP contribution in [0.1, 0.15) is 68.5 Å². The molecule has 0 atom stereocenters. The summed E-state index contributed by atoms with van der Waals surface area (Å²) >= 11 is 1.87. The van der Waals surface area contributed by atoms with Crippen molar-refractivity contribution in [1.29, 1.82) is 0 Å². The van der Waals surface area contributed by atoms with Gasteiger partial charge in [-0.15, -0.1) is 11.3 Å². The van der Waals surface area contributed by atoms with Gasteiger partial charge in [0.15, 0.2) is 0 Å². The van der Waals surface area contributed by atoms with E-state index in [0.717, 1.165) is 32.4 Å². The number of nitrogens with one attached hydrogen (secondary N) is 1. The Balaban J connectivity index is 2.21. The van der Waals surface area contributed by atoms with E-state index in [1.807, 2.05) is 18.4 Å². The van der Waals surface area contributed by atoms with Crippen LogP contribution in [0.2, 0.25) is 0 Å². The summed E-state index contributed by atoms with van der Waals surface area (Å²) in [5.41, 5.74) is 1.19. The highest BCUT2D eigenvalue weighted by molar-refractivity contribution is 7.11. The van der Waals surface area contributed by atoms with Crippen LogP contribution in [0.4, 0.5) is 0 Å². The minimum atomic E-state index is -0.0978. The molecule has 0 radical (unpaired) electrons. The molecule has 21 heavy (non-hydrogen) atoms. The molecule has 1 heterocycles. The first-order valence-corrected chi connectivity index (χ1v) is 9.18. The van der Waals surface area contributed by atoms with Gasteiger partial charge in [0, 0.05) is 18.5 Å². The molecule has 0 amide bonds. The summed E-state index contributed by atoms with van der Waals surface area (Å²) in [6, 6.07) is 0. The lowest BCUT2D eigenvalue weighted by Gasteiger charge is -2.24. The minimum absolute atomic E-state index is 0.0978. The molecule has 1 aliphatic carbocycles. The molecule has 0 bridgehead atoms. The van der Waals surface area contributed by atoms with Gasteiger partial charge in [0.25, 0.3) is 0 Å². The summed E-state index contributed by atoms with van der Waals surface area (Å²) < 4.78 is 5.91. The molecule has 1 aliphatic rings. The average molecular weight is 311 g/mol. The van der Waals surface area contributed by atoms with E-state index in [-0.39, 0.29) is 5.60 Å². The van der Waals surface area contributed by atoms with Crippen molar-refractivity contribution in [3.63, 3.8) is 0 Å². The number of rotatable bonds is 8. The van der Waals surface area contributed by atoms with Crippen LogP contribution in [0.25, 0.3) is 0 Å². The van der Waals surface area contributed by atoms with Crippen molar-refractivity contribution in [3.8, 4) is 0 Å². The molecule has 3 nitrogen and oxygen atoms in total. The predicted octanol–water partition coefficient (Wildman–Crippen LogP) is 4.26. The lowest BCUT2D eigenvalue weighted by atomic mass is 10.0. The number of hydrogen-bond acceptors (Lipinski definition) is 4. The number of thiazole rings is 1. The zero-order chi connectivity index (χ0) is 15.3. The third-order valence-corrected chi connectivity index (χ3v) is 5.57. The Labute approximate surface area is 133 Å². The third kappa shape index (κ3) is 4.05. The lowest BCUT2D eigenvalue weighted by Crippen LogP contribution is -2.24. The van der Waals surface area contributed by atoms with Crippen molar-refractivity contribution in [2.45, 2.75) is 71.4 Å². The number of ether oxygens (including phenoxy) is 1. The average Bonchev–Trinajstić information content (AvgIpc) is 3.07. The van der Waals surface area contributed by atoms with Gasteiger partial charge in [0.05, 0.1) is 5.69 Å². The Morgan fingerprint density at radius 3 is 2.62 bits per heavy atom. The fourth-order valence-corrected chi connectivity index (χ4v) is 4.38. The summed E-state index contributed by atoms with van der Waals surface area (Å²) in [6.45, 7) is 8.77. The third-order valence-electron chi connectivity index (χ3n) is 4.28. The number of nitrogens with zero attached hydrogens (tertiary/aromatic N) is 1. The highest BCUT2D eigenvalue weighted by Gasteiger charge is 2.39. The first-order valence-electron chi connectivity index (χ1n) is 8.36. The molecular formula is C17H30N2OS. The quantitative estimate of drug-likeness (QED) is 0.729. The van der Waals surface area contributed by atoms with E-state index in [0.29, 0.717) is 5.92 Å². The fourth-order valence-electron chi connectivity index (χ4n) is 3.09. The molecule has 1 saturated carbocycles. The molecule has 2 rings (SSSR count). The monoisotopic (exact) mass is 310 g/mol. The summed E-state index contributed by atoms with van der Waals surface area (Å²) in [6.07, 6.45) is 7.01. The Hall–Kier alpha value is -0.450. The van der Waals surface area contributed by atoms with E-state index < -0.39 is 0 Å². The molecule has 1 aromatic heterocycles. The number of aromatic nitrogens is 1. The second-order valence-electron chi connectivity index (χ2n) is 6.57. The molecule has 1 N–H and O–H groups in total. The van der Waals surface area contributed by atoms with Gasteiger partial charge in [0.1, 0.15) is 10.6 Å². The van der Waals surface area contributed by atoms with Gasteiger partial charge in [-0.2, -0.15) is 0 Å². The molecule has 0 spiro atoms. The first kappa shape index (κ1) is 16.9. The van der Waals surface area contributed by atoms with Crippen molar-refractivity contribution in [2.75, 3.05) is 13.7 Å². The van der Waals surface area contributed by atoms with Crippen molar-refractivity contribution in [1.82, 2.24) is 10.3 Å². The molecular weight excluding hydrogens is 280 g/mol. The maximum Gasteiger partial charge on any atom is 0.125 e. The Morgan fingerprint density at radius 1 is 1.33 bits per heavy atom. The van der Waals surface area contributed by atoms with Crippen LogP contribution in [0, 0.1) is 5.92 Å². The lowest BCUT2D eigenvalue weighted by molar-refractivity contribution is -0.00897. The molecule has 120 valence electrons. The summed E-state index contributed by atoms with van der Waals surface area (Å²) in [7, 11) is 1.85. The van der Waals surface area contributed by atoms with Gasteiger partial charge < -0.3 is 10.1 Å². The van der Waals surface area contributed by atoms with Crippen molar-refractivity contribution in [3.05, 3.63) is 15.6 Å². The van der Waals surface area contributed by atoms with Crippen molar-refractivity contribution < 1.29 is 4.74 Å². The van der Waals surface area contributed by atoms with Crippen LogP contribution in [-0.2, 0) is 23.3 Å². The van der Waals surface area contributed by atoms with E-state index in [2.05, 4.69) is 26.1 Å². The molecule has 1 aromatic rings. The highest BCUT2D eigenvalue weighted by atomic mass is 32.1. The van der Waals surface area contributed by atoms with E-state index in [4.69, 9.17) is 9.72 Å². The van der Waals surface area contributed by atoms with Gasteiger partial charge in [-0.1, -0.05) is 33.6 Å². The molecule has 0 aromatic carbocycles. The van der Waals surface area contributed by atoms with Crippen LogP contribution >= 0.6 is 11.3 Å². The second kappa shape index (κ2) is 7.70. The largest absolute Gasteiger partial charge is 0.371 e. The van der Waals surface area contributed by atoms with Crippen LogP contribution < -0.4 is 5.32 Å². The Kier molecular flexibility index (Phi) is 6.20. The van der Waals surface area contributed by atoms with Crippen molar-refractivity contribution >= 4 is 11.3 Å². The maximum atomic E-state index is 5.91. The van der Waals surface area contributed by atoms with Gasteiger partial charge >= 0.3 is 0 Å². The first-order chi connectivity index (χ1) is 10.1. The van der Waals surface area contributed by atoms with E-state index in [1.54, 1.807) is 0 Å². The highest BCUT2D eigenvalue weighted by Crippen LogP contribution is 2.44. The molecule has 0 unspecified atom stereocenters. The standard InChI is InChI=1S/C17H30N2OS/c1-5-10-18-12-15-14(11-13(2)3)19-16(21-15)17(20-4)8-6-7-9-17/h13,18H,5-12H2,1-4H3. The Bertz CT molecular complexity index is 436. The van der Waals surface area contributed by atoms with Gasteiger partial charge in [-0.05, 0) is 38.1 Å². The second-order valence-corrected chi connectivity index (χ2v) is 7.65. The number of methoxy groups -OCH3 is 1. The summed E-state index contributed by atoms with van der Waals surface area (Å²) in [5.74, 6) is 0.645. The van der Waals surface area contributed by atoms with Crippen LogP contribution in [0.15, 0.2) is 0 Å². The SMILES string of the molecule is CCCNCc1sc(C2(OC)CCCC2)nc1CC(C)C. The van der Waals surface area contributed by atoms with E-state index in [1.165, 1.54) is 34.8 Å². The van der Waals surface area contributed by atoms with Crippen LogP contribution in [-0.4, -0.2) is 18.6 Å². The topological polar surface area (TPSA) is 34.1 Å². The van der Waals surface area contributed by atoms with Crippen molar-refractivity contribution in [2.24, 2.45) is 5.92 Å².